The highest BCUT2D eigenvalue weighted by molar-refractivity contribution is 14.1. The smallest absolute Gasteiger partial charge is 0.506 e. The number of rotatable bonds is 3. The van der Waals surface area contributed by atoms with Crippen LogP contribution in [0.1, 0.15) is 17.2 Å². The van der Waals surface area contributed by atoms with Gasteiger partial charge in [-0.05, 0) is 75.0 Å². The van der Waals surface area contributed by atoms with Gasteiger partial charge in [-0.25, -0.2) is 0 Å². The zero-order valence-electron chi connectivity index (χ0n) is 10.9. The predicted octanol–water partition coefficient (Wildman–Crippen LogP) is 4.55. The van der Waals surface area contributed by atoms with Crippen LogP contribution in [0.4, 0.5) is 13.2 Å². The van der Waals surface area contributed by atoms with Gasteiger partial charge in [0.05, 0.1) is 9.61 Å². The molecule has 118 valence electrons. The lowest BCUT2D eigenvalue weighted by molar-refractivity contribution is -0.274. The highest BCUT2D eigenvalue weighted by Gasteiger charge is 2.31. The molecule has 0 fully saturated rings. The number of benzene rings is 2. The molecule has 0 spiro atoms. The van der Waals surface area contributed by atoms with Crippen molar-refractivity contribution in [3.05, 3.63) is 54.7 Å². The first-order chi connectivity index (χ1) is 10.2. The molecule has 0 aromatic heterocycles. The zero-order chi connectivity index (χ0) is 16.5. The molecule has 0 unspecified atom stereocenters. The number of alkyl halides is 3. The zero-order valence-corrected chi connectivity index (χ0v) is 15.2. The van der Waals surface area contributed by atoms with E-state index in [9.17, 15) is 18.3 Å². The van der Waals surface area contributed by atoms with E-state index < -0.39 is 12.4 Å². The van der Waals surface area contributed by atoms with Crippen LogP contribution in [-0.4, -0.2) is 11.5 Å². The van der Waals surface area contributed by atoms with Crippen LogP contribution in [-0.2, 0) is 0 Å². The second-order valence-electron chi connectivity index (χ2n) is 4.42. The molecule has 8 heteroatoms. The van der Waals surface area contributed by atoms with Crippen LogP contribution in [0.15, 0.2) is 36.4 Å². The van der Waals surface area contributed by atoms with E-state index in [0.29, 0.717) is 14.7 Å². The molecule has 0 aliphatic heterocycles. The summed E-state index contributed by atoms with van der Waals surface area (Å²) in [4.78, 5) is 0. The largest absolute Gasteiger partial charge is 0.573 e. The summed E-state index contributed by atoms with van der Waals surface area (Å²) < 4.78 is 41.8. The third kappa shape index (κ3) is 4.38. The molecule has 0 saturated heterocycles. The molecular formula is C14H10F3I2NO2. The van der Waals surface area contributed by atoms with Gasteiger partial charge in [0.25, 0.3) is 0 Å². The monoisotopic (exact) mass is 535 g/mol. The standard InChI is InChI=1S/C14H10F3I2NO2/c15-14(16,17)22-9-3-1-7(2-4-9)12(20)10-5-8(18)6-11(19)13(10)21/h1-6,12,21H,20H2/t12-/m0/s1. The summed E-state index contributed by atoms with van der Waals surface area (Å²) in [6.45, 7) is 0. The van der Waals surface area contributed by atoms with Gasteiger partial charge in [0, 0.05) is 9.13 Å². The highest BCUT2D eigenvalue weighted by atomic mass is 127. The van der Waals surface area contributed by atoms with Crippen molar-refractivity contribution in [2.45, 2.75) is 12.4 Å². The molecule has 22 heavy (non-hydrogen) atoms. The maximum absolute atomic E-state index is 12.1. The number of phenols is 1. The molecule has 0 aliphatic rings. The topological polar surface area (TPSA) is 55.5 Å². The minimum Gasteiger partial charge on any atom is -0.506 e. The van der Waals surface area contributed by atoms with Gasteiger partial charge in [0.15, 0.2) is 0 Å². The fourth-order valence-corrected chi connectivity index (χ4v) is 3.77. The second-order valence-corrected chi connectivity index (χ2v) is 6.83. The lowest BCUT2D eigenvalue weighted by Gasteiger charge is -2.16. The minimum absolute atomic E-state index is 0.0733. The molecule has 0 saturated carbocycles. The number of halogens is 5. The lowest BCUT2D eigenvalue weighted by atomic mass is 9.99. The van der Waals surface area contributed by atoms with Crippen molar-refractivity contribution in [1.29, 1.82) is 0 Å². The maximum Gasteiger partial charge on any atom is 0.573 e. The van der Waals surface area contributed by atoms with Gasteiger partial charge in [0.2, 0.25) is 0 Å². The van der Waals surface area contributed by atoms with Crippen LogP contribution in [0.2, 0.25) is 0 Å². The SMILES string of the molecule is N[C@@H](c1ccc(OC(F)(F)F)cc1)c1cc(I)cc(I)c1O. The van der Waals surface area contributed by atoms with E-state index in [2.05, 4.69) is 27.3 Å². The Kier molecular flexibility index (Phi) is 5.43. The number of ether oxygens (including phenoxy) is 1. The molecule has 3 nitrogen and oxygen atoms in total. The molecular weight excluding hydrogens is 525 g/mol. The van der Waals surface area contributed by atoms with E-state index in [0.717, 1.165) is 3.57 Å². The van der Waals surface area contributed by atoms with Crippen LogP contribution in [0.3, 0.4) is 0 Å². The lowest BCUT2D eigenvalue weighted by Crippen LogP contribution is -2.17. The quantitative estimate of drug-likeness (QED) is 0.568. The molecule has 2 aromatic carbocycles. The Morgan fingerprint density at radius 3 is 2.23 bits per heavy atom. The fourth-order valence-electron chi connectivity index (χ4n) is 1.88. The Morgan fingerprint density at radius 2 is 1.68 bits per heavy atom. The van der Waals surface area contributed by atoms with Crippen LogP contribution < -0.4 is 10.5 Å². The Bertz CT molecular complexity index is 675. The van der Waals surface area contributed by atoms with Gasteiger partial charge in [-0.3, -0.25) is 0 Å². The second kappa shape index (κ2) is 6.79. The summed E-state index contributed by atoms with van der Waals surface area (Å²) in [6.07, 6.45) is -4.73. The first-order valence-corrected chi connectivity index (χ1v) is 8.12. The first kappa shape index (κ1) is 17.6. The summed E-state index contributed by atoms with van der Waals surface area (Å²) in [5.41, 5.74) is 7.19. The van der Waals surface area contributed by atoms with Gasteiger partial charge < -0.3 is 15.6 Å². The van der Waals surface area contributed by atoms with Crippen molar-refractivity contribution < 1.29 is 23.0 Å². The number of nitrogens with two attached hydrogens (primary N) is 1. The number of phenolic OH excluding ortho intramolecular Hbond substituents is 1. The molecule has 0 aliphatic carbocycles. The molecule has 3 N–H and O–H groups in total. The van der Waals surface area contributed by atoms with E-state index in [1.54, 1.807) is 12.1 Å². The number of aromatic hydroxyl groups is 1. The van der Waals surface area contributed by atoms with E-state index in [1.165, 1.54) is 24.3 Å². The van der Waals surface area contributed by atoms with Crippen molar-refractivity contribution in [1.82, 2.24) is 0 Å². The molecule has 0 bridgehead atoms. The molecule has 1 atom stereocenters. The van der Waals surface area contributed by atoms with Gasteiger partial charge >= 0.3 is 6.36 Å². The normalized spacial score (nSPS) is 13.0. The van der Waals surface area contributed by atoms with E-state index >= 15 is 0 Å². The van der Waals surface area contributed by atoms with Crippen molar-refractivity contribution in [3.63, 3.8) is 0 Å². The van der Waals surface area contributed by atoms with E-state index in [-0.39, 0.29) is 11.5 Å². The van der Waals surface area contributed by atoms with Crippen molar-refractivity contribution in [2.24, 2.45) is 5.73 Å². The van der Waals surface area contributed by atoms with Crippen molar-refractivity contribution >= 4 is 45.2 Å². The molecule has 0 radical (unpaired) electrons. The third-order valence-corrected chi connectivity index (χ3v) is 4.31. The van der Waals surface area contributed by atoms with Gasteiger partial charge in [-0.1, -0.05) is 12.1 Å². The van der Waals surface area contributed by atoms with Crippen LogP contribution in [0, 0.1) is 7.14 Å². The minimum atomic E-state index is -4.73. The Morgan fingerprint density at radius 1 is 1.09 bits per heavy atom. The number of hydrogen-bond acceptors (Lipinski definition) is 3. The average Bonchev–Trinajstić information content (AvgIpc) is 2.41. The van der Waals surface area contributed by atoms with E-state index in [1.807, 2.05) is 22.6 Å². The fraction of sp³-hybridized carbons (Fsp3) is 0.143. The highest BCUT2D eigenvalue weighted by Crippen LogP contribution is 2.34. The summed E-state index contributed by atoms with van der Waals surface area (Å²) in [5, 5.41) is 10.1. The van der Waals surface area contributed by atoms with Crippen LogP contribution in [0.25, 0.3) is 0 Å². The predicted molar refractivity (Wildman–Crippen MR) is 92.7 cm³/mol. The summed E-state index contributed by atoms with van der Waals surface area (Å²) >= 11 is 4.10. The third-order valence-electron chi connectivity index (χ3n) is 2.87. The Labute approximate surface area is 151 Å². The van der Waals surface area contributed by atoms with Crippen LogP contribution >= 0.6 is 45.2 Å². The first-order valence-electron chi connectivity index (χ1n) is 5.96. The summed E-state index contributed by atoms with van der Waals surface area (Å²) in [7, 11) is 0. The van der Waals surface area contributed by atoms with Crippen molar-refractivity contribution in [2.75, 3.05) is 0 Å². The van der Waals surface area contributed by atoms with Crippen molar-refractivity contribution in [3.8, 4) is 11.5 Å². The molecule has 2 aromatic rings. The van der Waals surface area contributed by atoms with Crippen LogP contribution in [0.5, 0.6) is 11.5 Å². The molecule has 0 heterocycles. The molecule has 0 amide bonds. The summed E-state index contributed by atoms with van der Waals surface area (Å²) in [6, 6.07) is 8.16. The maximum atomic E-state index is 12.1. The average molecular weight is 535 g/mol. The van der Waals surface area contributed by atoms with Gasteiger partial charge in [0.1, 0.15) is 11.5 Å². The number of hydrogen-bond donors (Lipinski definition) is 2. The summed E-state index contributed by atoms with van der Waals surface area (Å²) in [5.74, 6) is -0.242. The van der Waals surface area contributed by atoms with Gasteiger partial charge in [-0.2, -0.15) is 0 Å². The Hall–Kier alpha value is -0.750. The van der Waals surface area contributed by atoms with Gasteiger partial charge in [-0.15, -0.1) is 13.2 Å². The Balaban J connectivity index is 2.29. The molecule has 2 rings (SSSR count). The van der Waals surface area contributed by atoms with E-state index in [4.69, 9.17) is 5.73 Å².